The van der Waals surface area contributed by atoms with Gasteiger partial charge in [0.05, 0.1) is 51.2 Å². The van der Waals surface area contributed by atoms with E-state index in [2.05, 4.69) is 35.8 Å². The van der Waals surface area contributed by atoms with E-state index in [9.17, 15) is 28.8 Å². The molecule has 532 valence electrons. The van der Waals surface area contributed by atoms with Gasteiger partial charge >= 0.3 is 35.4 Å². The Hall–Kier alpha value is -12.8. The lowest BCUT2D eigenvalue weighted by Gasteiger charge is -2.33. The fraction of sp³-hybridized carbons (Fsp3) is 0.280. The van der Waals surface area contributed by atoms with Gasteiger partial charge in [-0.3, -0.25) is 34.2 Å². The minimum atomic E-state index is -0.535. The molecular formula is C75H78BrN15O12. The molecule has 0 aromatic heterocycles. The molecule has 0 aliphatic carbocycles. The average Bonchev–Trinajstić information content (AvgIpc) is 0.845. The molecule has 0 spiro atoms. The number of carbonyl (C=O) groups is 6. The Kier molecular flexibility index (Phi) is 36.4. The molecular weight excluding hydrogens is 1380 g/mol. The van der Waals surface area contributed by atoms with Crippen molar-refractivity contribution in [2.45, 2.75) is 19.3 Å². The summed E-state index contributed by atoms with van der Waals surface area (Å²) in [5, 5.41) is 38.7. The zero-order valence-corrected chi connectivity index (χ0v) is 58.1. The number of amides is 6. The van der Waals surface area contributed by atoms with Crippen LogP contribution in [0.5, 0.6) is 34.5 Å². The zero-order valence-electron chi connectivity index (χ0n) is 56.5. The molecule has 3 fully saturated rings. The Labute approximate surface area is 606 Å². The predicted molar refractivity (Wildman–Crippen MR) is 388 cm³/mol. The number of nitriles is 1. The van der Waals surface area contributed by atoms with E-state index in [1.165, 1.54) is 20.9 Å². The SMILES string of the molecule is N#N.N=Cc1ccc(OC/C=C/CN2CCN(CCCOc3ccc(C(=N)N)cc3)C(=O)C2=O)cc1.[C-]#[N+]c1ccc(OC/C=C/CBr)cc1.[C-]#[N+]c1ccc(OCCCN2CCN(C/C=C/COc3ccc(C#N)cc3)C(=O)C2=O)cc1.[C-]#[N+]c1ccc(OCCCN2CCNC(=O)C2=O)cc1. The fourth-order valence-electron chi connectivity index (χ4n) is 9.35. The lowest BCUT2D eigenvalue weighted by atomic mass is 10.2. The van der Waals surface area contributed by atoms with Crippen LogP contribution in [0.15, 0.2) is 182 Å². The maximum atomic E-state index is 12.4. The second kappa shape index (κ2) is 46.4. The molecule has 0 unspecified atom stereocenters. The number of allylic oxidation sites excluding steroid dienone is 1. The average molecular weight is 1460 g/mol. The van der Waals surface area contributed by atoms with Gasteiger partial charge in [-0.2, -0.15) is 5.26 Å². The van der Waals surface area contributed by atoms with E-state index >= 15 is 0 Å². The maximum absolute atomic E-state index is 12.4. The number of nitrogens with one attached hydrogen (secondary N) is 3. The zero-order chi connectivity index (χ0) is 74.4. The maximum Gasteiger partial charge on any atom is 0.312 e. The van der Waals surface area contributed by atoms with Crippen LogP contribution in [0, 0.1) is 52.7 Å². The van der Waals surface area contributed by atoms with Crippen molar-refractivity contribution >= 4 is 80.5 Å². The highest BCUT2D eigenvalue weighted by atomic mass is 79.9. The first-order valence-corrected chi connectivity index (χ1v) is 33.5. The number of nitrogen functional groups attached to an aromatic ring is 1. The van der Waals surface area contributed by atoms with E-state index < -0.39 is 35.4 Å². The highest BCUT2D eigenvalue weighted by Crippen LogP contribution is 2.22. The second-order valence-corrected chi connectivity index (χ2v) is 22.5. The Morgan fingerprint density at radius 3 is 1.17 bits per heavy atom. The third-order valence-corrected chi connectivity index (χ3v) is 15.2. The molecule has 27 nitrogen and oxygen atoms in total. The summed E-state index contributed by atoms with van der Waals surface area (Å²) in [5.41, 5.74) is 9.19. The summed E-state index contributed by atoms with van der Waals surface area (Å²) in [4.78, 5) is 89.9. The van der Waals surface area contributed by atoms with Crippen LogP contribution in [-0.2, 0) is 28.8 Å². The molecule has 3 heterocycles. The van der Waals surface area contributed by atoms with Gasteiger partial charge in [0.1, 0.15) is 60.2 Å². The number of rotatable bonds is 31. The second-order valence-electron chi connectivity index (χ2n) is 21.8. The van der Waals surface area contributed by atoms with Gasteiger partial charge in [-0.25, -0.2) is 14.5 Å². The topological polar surface area (TPSA) is 344 Å². The Bertz CT molecular complexity index is 4020. The van der Waals surface area contributed by atoms with Crippen LogP contribution >= 0.6 is 15.9 Å². The van der Waals surface area contributed by atoms with E-state index in [4.69, 9.17) is 80.7 Å². The van der Waals surface area contributed by atoms with Crippen LogP contribution in [-0.4, -0.2) is 189 Å². The monoisotopic (exact) mass is 1460 g/mol. The van der Waals surface area contributed by atoms with Gasteiger partial charge in [-0.05, 0) is 146 Å². The van der Waals surface area contributed by atoms with Crippen LogP contribution in [0.1, 0.15) is 36.0 Å². The number of halogens is 1. The Morgan fingerprint density at radius 2 is 0.806 bits per heavy atom. The van der Waals surface area contributed by atoms with Crippen molar-refractivity contribution < 1.29 is 57.2 Å². The highest BCUT2D eigenvalue weighted by Gasteiger charge is 2.33. The van der Waals surface area contributed by atoms with Gasteiger partial charge in [0, 0.05) is 99.9 Å². The normalized spacial score (nSPS) is 13.2. The molecule has 5 N–H and O–H groups in total. The largest absolute Gasteiger partial charge is 0.494 e. The molecule has 6 aromatic rings. The molecule has 103 heavy (non-hydrogen) atoms. The van der Waals surface area contributed by atoms with Crippen LogP contribution in [0.4, 0.5) is 17.1 Å². The summed E-state index contributed by atoms with van der Waals surface area (Å²) in [6.45, 7) is 28.2. The summed E-state index contributed by atoms with van der Waals surface area (Å²) in [6.07, 6.45) is 14.3. The first-order valence-electron chi connectivity index (χ1n) is 32.3. The first-order chi connectivity index (χ1) is 50.1. The van der Waals surface area contributed by atoms with Gasteiger partial charge in [0.2, 0.25) is 0 Å². The van der Waals surface area contributed by atoms with Crippen molar-refractivity contribution in [1.29, 1.82) is 26.9 Å². The van der Waals surface area contributed by atoms with E-state index in [0.717, 1.165) is 16.6 Å². The van der Waals surface area contributed by atoms with E-state index in [0.29, 0.717) is 188 Å². The predicted octanol–water partition coefficient (Wildman–Crippen LogP) is 9.79. The molecule has 6 aromatic carbocycles. The van der Waals surface area contributed by atoms with Crippen molar-refractivity contribution in [1.82, 2.24) is 29.8 Å². The van der Waals surface area contributed by atoms with Crippen molar-refractivity contribution in [3.05, 3.63) is 233 Å². The molecule has 9 rings (SSSR count). The van der Waals surface area contributed by atoms with E-state index in [1.54, 1.807) is 168 Å². The minimum absolute atomic E-state index is 0.00342. The molecule has 0 atom stereocenters. The molecule has 0 bridgehead atoms. The minimum Gasteiger partial charge on any atom is -0.494 e. The molecule has 0 radical (unpaired) electrons. The van der Waals surface area contributed by atoms with Crippen molar-refractivity contribution in [3.8, 4) is 40.6 Å². The fourth-order valence-corrected chi connectivity index (χ4v) is 9.62. The highest BCUT2D eigenvalue weighted by molar-refractivity contribution is 9.09. The lowest BCUT2D eigenvalue weighted by Crippen LogP contribution is -2.54. The number of alkyl halides is 1. The standard InChI is InChI=1S/C25H29N5O4.C25H24N4O4.C14H15N3O3.C11H10BrNO.N2/c26-18-19-4-8-21(9-5-19)33-16-2-1-12-29-14-15-30(25(32)24(29)31)13-3-17-34-22-10-6-20(7-11-22)23(27)28;1-27-21-7-11-23(12-8-21)33-18-4-14-29-16-15-28(24(30)25(29)31)13-2-3-17-32-22-9-5-20(19-26)6-10-22;1-15-11-3-5-12(6-4-11)20-10-2-8-17-9-7-16-13(18)14(17)19;1-13-10-4-6-11(7-5-10)14-9-3-2-8-12;1-2/h1-2,4-11,18,26H,3,12-17H2,(H3,27,28);2-3,5-12H,4,13-18H2;3-6H,2,7-10H2,(H,16,18);2-7H,8-9H2;/b2-1+,26-18?;3-2+;;3-2+;. The number of amidine groups is 1. The third-order valence-electron chi connectivity index (χ3n) is 14.8. The number of ether oxygens (including phenoxy) is 6. The summed E-state index contributed by atoms with van der Waals surface area (Å²) in [5.74, 6) is 1.17. The number of nitrogens with two attached hydrogens (primary N) is 1. The number of carbonyl (C=O) groups excluding carboxylic acids is 6. The molecule has 28 heteroatoms. The quantitative estimate of drug-likeness (QED) is 0.00459. The Balaban J connectivity index is 0.000000257. The number of hydrogen-bond donors (Lipinski definition) is 4. The van der Waals surface area contributed by atoms with E-state index in [-0.39, 0.29) is 5.84 Å². The first kappa shape index (κ1) is 80.8. The van der Waals surface area contributed by atoms with Gasteiger partial charge in [-0.15, -0.1) is 0 Å². The molecule has 0 saturated carbocycles. The molecule has 3 aliphatic heterocycles. The van der Waals surface area contributed by atoms with Crippen molar-refractivity contribution in [3.63, 3.8) is 0 Å². The van der Waals surface area contributed by atoms with Crippen LogP contribution in [0.3, 0.4) is 0 Å². The smallest absolute Gasteiger partial charge is 0.312 e. The van der Waals surface area contributed by atoms with Crippen LogP contribution in [0.25, 0.3) is 14.5 Å². The van der Waals surface area contributed by atoms with Gasteiger partial charge in [0.25, 0.3) is 0 Å². The lowest BCUT2D eigenvalue weighted by molar-refractivity contribution is -0.155. The van der Waals surface area contributed by atoms with E-state index in [1.807, 2.05) is 30.4 Å². The molecule has 6 amide bonds. The van der Waals surface area contributed by atoms with Crippen LogP contribution < -0.4 is 39.5 Å². The number of hydrogen-bond acceptors (Lipinski definition) is 17. The summed E-state index contributed by atoms with van der Waals surface area (Å²) >= 11 is 3.28. The third kappa shape index (κ3) is 29.3. The van der Waals surface area contributed by atoms with Crippen molar-refractivity contribution in [2.24, 2.45) is 5.73 Å². The van der Waals surface area contributed by atoms with Gasteiger partial charge in [0.15, 0.2) is 17.1 Å². The van der Waals surface area contributed by atoms with Crippen LogP contribution in [0.2, 0.25) is 0 Å². The summed E-state index contributed by atoms with van der Waals surface area (Å²) in [7, 11) is 0. The number of nitrogens with zero attached hydrogens (tertiary/aromatic N) is 11. The van der Waals surface area contributed by atoms with Crippen molar-refractivity contribution in [2.75, 3.05) is 117 Å². The molecule has 3 saturated heterocycles. The Morgan fingerprint density at radius 1 is 0.476 bits per heavy atom. The summed E-state index contributed by atoms with van der Waals surface area (Å²) < 4.78 is 33.4. The van der Waals surface area contributed by atoms with Gasteiger partial charge < -0.3 is 69.4 Å². The van der Waals surface area contributed by atoms with Gasteiger partial charge in [-0.1, -0.05) is 76.6 Å². The number of piperazine rings is 3. The summed E-state index contributed by atoms with van der Waals surface area (Å²) in [6, 6.07) is 43.8. The number of benzene rings is 6. The molecule has 3 aliphatic rings.